The molecule has 0 aliphatic heterocycles. The van der Waals surface area contributed by atoms with E-state index in [2.05, 4.69) is 0 Å². The molecule has 0 heterocycles. The predicted molar refractivity (Wildman–Crippen MR) is 22.7 cm³/mol. The molecule has 0 aromatic rings. The molecular formula is C3H7NO3. The summed E-state index contributed by atoms with van der Waals surface area (Å²) in [7, 11) is 0. The van der Waals surface area contributed by atoms with Crippen LogP contribution in [0.2, 0.25) is 0 Å². The zero-order chi connectivity index (χ0) is 5.86. The molecule has 0 rings (SSSR count). The first-order valence-electron chi connectivity index (χ1n) is 1.77. The Morgan fingerprint density at radius 1 is 1.86 bits per heavy atom. The largest absolute Gasteiger partial charge is 0.480 e. The molecule has 0 aromatic heterocycles. The molecule has 0 aliphatic carbocycles. The summed E-state index contributed by atoms with van der Waals surface area (Å²) < 4.78 is 0. The lowest BCUT2D eigenvalue weighted by atomic mass is 11.3. The quantitative estimate of drug-likeness (QED) is 0.371. The summed E-state index contributed by atoms with van der Waals surface area (Å²) in [5.41, 5.74) is 4.77. The Kier molecular flexibility index (Phi) is 2.32. The van der Waals surface area contributed by atoms with Crippen molar-refractivity contribution >= 4 is 5.97 Å². The second-order valence-corrected chi connectivity index (χ2v) is 1.13. The molecule has 0 unspecified atom stereocenters. The number of carboxylic acids is 1. The van der Waals surface area contributed by atoms with Gasteiger partial charge in [0.05, 0.1) is 6.61 Å². The van der Waals surface area contributed by atoms with Gasteiger partial charge in [0.15, 0.2) is 0 Å². The second kappa shape index (κ2) is 2.54. The highest BCUT2D eigenvalue weighted by molar-refractivity contribution is 5.73. The Hall–Kier alpha value is -0.610. The van der Waals surface area contributed by atoms with Gasteiger partial charge in [-0.05, 0) is 0 Å². The smallest absolute Gasteiger partial charge is 0.322 e. The van der Waals surface area contributed by atoms with E-state index >= 15 is 0 Å². The van der Waals surface area contributed by atoms with E-state index in [1.54, 1.807) is 0 Å². The molecule has 0 radical (unpaired) electrons. The summed E-state index contributed by atoms with van der Waals surface area (Å²) in [5, 5.41) is 15.9. The first-order chi connectivity index (χ1) is 3.18. The van der Waals surface area contributed by atoms with Crippen LogP contribution >= 0.6 is 0 Å². The number of aliphatic hydroxyl groups excluding tert-OH is 1. The van der Waals surface area contributed by atoms with E-state index in [4.69, 9.17) is 15.9 Å². The number of hydrogen-bond donors (Lipinski definition) is 3. The van der Waals surface area contributed by atoms with E-state index in [0.29, 0.717) is 0 Å². The summed E-state index contributed by atoms with van der Waals surface area (Å²) in [4.78, 5) is 9.65. The van der Waals surface area contributed by atoms with Gasteiger partial charge >= 0.3 is 5.97 Å². The Morgan fingerprint density at radius 2 is 2.29 bits per heavy atom. The zero-order valence-corrected chi connectivity index (χ0v) is 3.66. The molecule has 4 nitrogen and oxygen atoms in total. The van der Waals surface area contributed by atoms with E-state index in [1.807, 2.05) is 0 Å². The summed E-state index contributed by atoms with van der Waals surface area (Å²) in [6.45, 7) is -0.505. The monoisotopic (exact) mass is 108 g/mol. The summed E-state index contributed by atoms with van der Waals surface area (Å²) in [6, 6.07) is -1.13. The van der Waals surface area contributed by atoms with Crippen LogP contribution in [0.5, 0.6) is 0 Å². The van der Waals surface area contributed by atoms with Gasteiger partial charge < -0.3 is 15.9 Å². The lowest BCUT2D eigenvalue weighted by Gasteiger charge is -1.96. The van der Waals surface area contributed by atoms with Gasteiger partial charge in [0, 0.05) is 0 Å². The van der Waals surface area contributed by atoms with Crippen LogP contribution in [0, 0.1) is 0 Å². The number of hydrogen-bond acceptors (Lipinski definition) is 3. The van der Waals surface area contributed by atoms with Crippen molar-refractivity contribution in [3.05, 3.63) is 0 Å². The van der Waals surface area contributed by atoms with Crippen LogP contribution in [0.15, 0.2) is 0 Å². The molecule has 0 spiro atoms. The highest BCUT2D eigenvalue weighted by atomic mass is 16.5. The van der Waals surface area contributed by atoms with Crippen molar-refractivity contribution in [2.24, 2.45) is 5.73 Å². The van der Waals surface area contributed by atoms with E-state index in [9.17, 15) is 4.79 Å². The van der Waals surface area contributed by atoms with Gasteiger partial charge in [0.25, 0.3) is 0 Å². The van der Waals surface area contributed by atoms with E-state index in [1.165, 1.54) is 0 Å². The molecule has 42 valence electrons. The maximum absolute atomic E-state index is 9.65. The molecule has 4 N–H and O–H groups in total. The van der Waals surface area contributed by atoms with Gasteiger partial charge in [-0.2, -0.15) is 0 Å². The number of carboxylic acid groups (broad SMARTS) is 1. The molecule has 0 bridgehead atoms. The highest BCUT2D eigenvalue weighted by Gasteiger charge is 2.06. The van der Waals surface area contributed by atoms with Gasteiger partial charge in [0.2, 0.25) is 0 Å². The third-order valence-electron chi connectivity index (χ3n) is 0.514. The molecule has 0 saturated heterocycles. The van der Waals surface area contributed by atoms with Gasteiger partial charge in [-0.15, -0.1) is 0 Å². The van der Waals surface area contributed by atoms with Crippen LogP contribution < -0.4 is 5.73 Å². The topological polar surface area (TPSA) is 83.5 Å². The molecule has 0 fully saturated rings. The Bertz CT molecular complexity index is 72.6. The zero-order valence-electron chi connectivity index (χ0n) is 3.66. The summed E-state index contributed by atoms with van der Waals surface area (Å²) in [5.74, 6) is -1.18. The summed E-state index contributed by atoms with van der Waals surface area (Å²) >= 11 is 0. The fourth-order valence-corrected chi connectivity index (χ4v) is 0.0781. The van der Waals surface area contributed by atoms with Crippen molar-refractivity contribution in [3.63, 3.8) is 0 Å². The third-order valence-corrected chi connectivity index (χ3v) is 0.514. The van der Waals surface area contributed by atoms with E-state index in [-0.39, 0.29) is 0 Å². The number of carbonyl (C=O) groups is 1. The van der Waals surface area contributed by atoms with Gasteiger partial charge in [-0.3, -0.25) is 4.79 Å². The van der Waals surface area contributed by atoms with Crippen LogP contribution in [0.1, 0.15) is 0 Å². The molecule has 7 heavy (non-hydrogen) atoms. The van der Waals surface area contributed by atoms with Crippen molar-refractivity contribution in [3.8, 4) is 0 Å². The standard InChI is InChI=1S/C3H7NO3/c4-2(1-5)3(6)7/h2,5H,1,4H2,(H,6,7)/t2-/m0/s1/i1+1,2+1,3+1. The van der Waals surface area contributed by atoms with Gasteiger partial charge in [0.1, 0.15) is 6.04 Å². The van der Waals surface area contributed by atoms with Crippen molar-refractivity contribution < 1.29 is 15.0 Å². The Labute approximate surface area is 40.6 Å². The van der Waals surface area contributed by atoms with Gasteiger partial charge in [-0.25, -0.2) is 0 Å². The first kappa shape index (κ1) is 6.39. The molecule has 1 atom stereocenters. The number of aliphatic hydroxyl groups is 1. The molecular weight excluding hydrogens is 101 g/mol. The van der Waals surface area contributed by atoms with Crippen molar-refractivity contribution in [1.29, 1.82) is 0 Å². The Morgan fingerprint density at radius 3 is 2.29 bits per heavy atom. The lowest BCUT2D eigenvalue weighted by molar-refractivity contribution is -0.139. The second-order valence-electron chi connectivity index (χ2n) is 1.13. The maximum Gasteiger partial charge on any atom is 0.322 e. The number of aliphatic carboxylic acids is 1. The van der Waals surface area contributed by atoms with E-state index < -0.39 is 18.6 Å². The van der Waals surface area contributed by atoms with E-state index in [0.717, 1.165) is 0 Å². The molecule has 0 saturated carbocycles. The van der Waals surface area contributed by atoms with Crippen LogP contribution in [0.3, 0.4) is 0 Å². The molecule has 0 aromatic carbocycles. The molecule has 0 aliphatic rings. The van der Waals surface area contributed by atoms with Crippen molar-refractivity contribution in [2.75, 3.05) is 6.61 Å². The molecule has 0 amide bonds. The number of nitrogens with two attached hydrogens (primary N) is 1. The fourth-order valence-electron chi connectivity index (χ4n) is 0.0781. The summed E-state index contributed by atoms with van der Waals surface area (Å²) in [6.07, 6.45) is 0. The van der Waals surface area contributed by atoms with Crippen LogP contribution in [-0.4, -0.2) is 28.8 Å². The normalized spacial score (nSPS) is 13.4. The Balaban J connectivity index is 3.34. The molecule has 4 heteroatoms. The van der Waals surface area contributed by atoms with Crippen molar-refractivity contribution in [1.82, 2.24) is 0 Å². The maximum atomic E-state index is 9.65. The van der Waals surface area contributed by atoms with Crippen LogP contribution in [0.4, 0.5) is 0 Å². The lowest BCUT2D eigenvalue weighted by Crippen LogP contribution is -2.33. The average molecular weight is 108 g/mol. The third kappa shape index (κ3) is 2.13. The SMILES string of the molecule is N[13C@@H]([13CH2]O)[13C](=O)O. The fraction of sp³-hybridized carbons (Fsp3) is 0.667. The van der Waals surface area contributed by atoms with Crippen LogP contribution in [0.25, 0.3) is 0 Å². The average Bonchev–Trinajstić information content (AvgIpc) is 1.65. The first-order valence-corrected chi connectivity index (χ1v) is 1.77. The highest BCUT2D eigenvalue weighted by Crippen LogP contribution is 1.71. The number of rotatable bonds is 2. The van der Waals surface area contributed by atoms with Gasteiger partial charge in [-0.1, -0.05) is 0 Å². The predicted octanol–water partition coefficient (Wildman–Crippen LogP) is -1.61. The van der Waals surface area contributed by atoms with Crippen molar-refractivity contribution in [2.45, 2.75) is 6.04 Å². The minimum atomic E-state index is -1.18. The van der Waals surface area contributed by atoms with Crippen LogP contribution in [-0.2, 0) is 4.79 Å². The minimum absolute atomic E-state index is 0.505. The minimum Gasteiger partial charge on any atom is -0.480 e.